The van der Waals surface area contributed by atoms with E-state index in [9.17, 15) is 24.3 Å². The first-order chi connectivity index (χ1) is 18.6. The van der Waals surface area contributed by atoms with Crippen molar-refractivity contribution in [3.05, 3.63) is 76.5 Å². The summed E-state index contributed by atoms with van der Waals surface area (Å²) in [5.74, 6) is -3.44. The van der Waals surface area contributed by atoms with E-state index in [0.717, 1.165) is 5.56 Å². The summed E-state index contributed by atoms with van der Waals surface area (Å²) >= 11 is 2.63. The summed E-state index contributed by atoms with van der Waals surface area (Å²) in [5, 5.41) is 15.2. The maximum Gasteiger partial charge on any atom is 0.328 e. The molecular weight excluding hydrogens is 540 g/mol. The number of amides is 2. The van der Waals surface area contributed by atoms with Crippen molar-refractivity contribution in [2.24, 2.45) is 0 Å². The molecule has 3 heterocycles. The number of fused-ring (bicyclic) bond motifs is 1. The molecule has 0 saturated carbocycles. The average Bonchev–Trinajstić information content (AvgIpc) is 3.49. The lowest BCUT2D eigenvalue weighted by atomic mass is 9.95. The van der Waals surface area contributed by atoms with Gasteiger partial charge in [-0.3, -0.25) is 14.4 Å². The molecule has 4 atom stereocenters. The number of ether oxygens (including phenoxy) is 2. The fourth-order valence-corrected chi connectivity index (χ4v) is 7.10. The molecule has 2 amide bonds. The van der Waals surface area contributed by atoms with E-state index < -0.39 is 51.9 Å². The predicted octanol–water partition coefficient (Wildman–Crippen LogP) is 4.17. The van der Waals surface area contributed by atoms with Crippen LogP contribution in [0.15, 0.2) is 65.4 Å². The number of esters is 1. The number of aliphatic carboxylic acids is 1. The minimum Gasteiger partial charge on any atom is -0.480 e. The Morgan fingerprint density at radius 3 is 2.33 bits per heavy atom. The first-order valence-electron chi connectivity index (χ1n) is 12.2. The zero-order chi connectivity index (χ0) is 27.9. The number of β-lactam (4-membered cyclic amide) rings is 1. The summed E-state index contributed by atoms with van der Waals surface area (Å²) in [7, 11) is 0. The van der Waals surface area contributed by atoms with Gasteiger partial charge in [0.1, 0.15) is 23.2 Å². The van der Waals surface area contributed by atoms with Gasteiger partial charge in [-0.2, -0.15) is 11.3 Å². The molecule has 39 heavy (non-hydrogen) atoms. The Morgan fingerprint density at radius 1 is 1.03 bits per heavy atom. The van der Waals surface area contributed by atoms with Gasteiger partial charge in [-0.1, -0.05) is 30.3 Å². The third kappa shape index (κ3) is 4.99. The number of hydrogen-bond donors (Lipinski definition) is 2. The third-order valence-corrected chi connectivity index (χ3v) is 8.99. The summed E-state index contributed by atoms with van der Waals surface area (Å²) in [4.78, 5) is 52.9. The lowest BCUT2D eigenvalue weighted by molar-refractivity contribution is -0.161. The van der Waals surface area contributed by atoms with Crippen molar-refractivity contribution in [1.82, 2.24) is 10.2 Å². The number of benzene rings is 2. The Bertz CT molecular complexity index is 1440. The van der Waals surface area contributed by atoms with Gasteiger partial charge in [0, 0.05) is 4.75 Å². The van der Waals surface area contributed by atoms with E-state index in [1.165, 1.54) is 28.0 Å². The minimum atomic E-state index is -1.35. The molecule has 11 heteroatoms. The Hall–Kier alpha value is -3.83. The highest BCUT2D eigenvalue weighted by Gasteiger charge is 2.64. The molecule has 2 N–H and O–H groups in total. The van der Waals surface area contributed by atoms with Gasteiger partial charge in [0.05, 0.1) is 0 Å². The predicted molar refractivity (Wildman–Crippen MR) is 146 cm³/mol. The second-order valence-electron chi connectivity index (χ2n) is 9.81. The number of thiophene rings is 1. The molecule has 2 saturated heterocycles. The van der Waals surface area contributed by atoms with E-state index in [1.807, 2.05) is 25.1 Å². The van der Waals surface area contributed by atoms with Crippen molar-refractivity contribution in [3.8, 4) is 17.2 Å². The van der Waals surface area contributed by atoms with Gasteiger partial charge in [0.15, 0.2) is 17.4 Å². The van der Waals surface area contributed by atoms with Crippen molar-refractivity contribution in [3.63, 3.8) is 0 Å². The van der Waals surface area contributed by atoms with Crippen LogP contribution in [0.25, 0.3) is 0 Å². The molecule has 0 radical (unpaired) electrons. The van der Waals surface area contributed by atoms with Crippen LogP contribution >= 0.6 is 23.1 Å². The van der Waals surface area contributed by atoms with E-state index in [0.29, 0.717) is 17.1 Å². The van der Waals surface area contributed by atoms with E-state index in [-0.39, 0.29) is 5.75 Å². The fourth-order valence-electron chi connectivity index (χ4n) is 4.79. The van der Waals surface area contributed by atoms with Crippen molar-refractivity contribution < 1.29 is 33.8 Å². The van der Waals surface area contributed by atoms with Crippen molar-refractivity contribution in [2.75, 3.05) is 0 Å². The molecule has 202 valence electrons. The fraction of sp³-hybridized carbons (Fsp3) is 0.286. The lowest BCUT2D eigenvalue weighted by Crippen LogP contribution is -2.71. The van der Waals surface area contributed by atoms with Gasteiger partial charge in [0.25, 0.3) is 0 Å². The minimum absolute atomic E-state index is 0.141. The molecule has 1 aromatic heterocycles. The molecule has 2 aliphatic heterocycles. The van der Waals surface area contributed by atoms with Crippen molar-refractivity contribution in [2.45, 2.75) is 48.9 Å². The Morgan fingerprint density at radius 2 is 1.69 bits per heavy atom. The molecule has 3 aromatic rings. The van der Waals surface area contributed by atoms with Crippen LogP contribution < -0.4 is 14.8 Å². The van der Waals surface area contributed by atoms with Gasteiger partial charge < -0.3 is 24.8 Å². The average molecular weight is 567 g/mol. The van der Waals surface area contributed by atoms with Crippen LogP contribution in [-0.2, 0) is 19.2 Å². The number of carboxylic acid groups (broad SMARTS) is 1. The van der Waals surface area contributed by atoms with E-state index in [1.54, 1.807) is 61.0 Å². The lowest BCUT2D eigenvalue weighted by Gasteiger charge is -2.43. The molecule has 5 rings (SSSR count). The Labute approximate surface area is 233 Å². The van der Waals surface area contributed by atoms with Crippen LogP contribution in [0.3, 0.4) is 0 Å². The van der Waals surface area contributed by atoms with Crippen LogP contribution in [0.4, 0.5) is 0 Å². The summed E-state index contributed by atoms with van der Waals surface area (Å²) in [6.45, 7) is 5.40. The molecule has 9 nitrogen and oxygen atoms in total. The number of thioether (sulfide) groups is 1. The molecule has 0 bridgehead atoms. The smallest absolute Gasteiger partial charge is 0.328 e. The number of nitrogens with zero attached hydrogens (tertiary/aromatic N) is 1. The number of nitrogens with one attached hydrogen (secondary N) is 1. The van der Waals surface area contributed by atoms with Crippen LogP contribution in [0.2, 0.25) is 0 Å². The highest BCUT2D eigenvalue weighted by Crippen LogP contribution is 2.51. The third-order valence-electron chi connectivity index (χ3n) is 6.72. The number of para-hydroxylation sites is 3. The topological polar surface area (TPSA) is 122 Å². The van der Waals surface area contributed by atoms with E-state index >= 15 is 0 Å². The highest BCUT2D eigenvalue weighted by atomic mass is 32.2. The second kappa shape index (κ2) is 10.4. The zero-order valence-electron chi connectivity index (χ0n) is 21.3. The number of aryl methyl sites for hydroxylation is 1. The number of carbonyl (C=O) groups excluding carboxylic acids is 3. The standard InChI is InChI=1S/C28H26N2O7S2/c1-15-8-4-5-9-17(15)36-18-10-6-7-11-19(18)37-27(35)20(16-12-13-38-14-16)23(31)29-21-24(32)30-22(26(33)34)28(2,3)39-25(21)30/h4-14,20-22,25H,1-3H3,(H,29,31)(H,33,34)/t20?,21-,22+,25-/m1/s1. The molecule has 2 aromatic carbocycles. The molecule has 2 aliphatic rings. The summed E-state index contributed by atoms with van der Waals surface area (Å²) in [6.07, 6.45) is 0. The normalized spacial score (nSPS) is 21.9. The largest absolute Gasteiger partial charge is 0.480 e. The first-order valence-corrected chi connectivity index (χ1v) is 14.0. The van der Waals surface area contributed by atoms with Crippen molar-refractivity contribution in [1.29, 1.82) is 0 Å². The number of carboxylic acids is 1. The first kappa shape index (κ1) is 26.8. The molecular formula is C28H26N2O7S2. The molecule has 0 aliphatic carbocycles. The van der Waals surface area contributed by atoms with E-state index in [4.69, 9.17) is 9.47 Å². The monoisotopic (exact) mass is 566 g/mol. The van der Waals surface area contributed by atoms with Gasteiger partial charge >= 0.3 is 11.9 Å². The number of carbonyl (C=O) groups is 4. The van der Waals surface area contributed by atoms with Crippen LogP contribution in [0.1, 0.15) is 30.9 Å². The zero-order valence-corrected chi connectivity index (χ0v) is 23.0. The Balaban J connectivity index is 1.35. The van der Waals surface area contributed by atoms with Crippen LogP contribution in [0.5, 0.6) is 17.2 Å². The second-order valence-corrected chi connectivity index (χ2v) is 12.4. The number of rotatable bonds is 8. The maximum atomic E-state index is 13.5. The maximum absolute atomic E-state index is 13.5. The summed E-state index contributed by atoms with van der Waals surface area (Å²) in [6, 6.07) is 13.8. The summed E-state index contributed by atoms with van der Waals surface area (Å²) in [5.41, 5.74) is 1.32. The van der Waals surface area contributed by atoms with Crippen LogP contribution in [0, 0.1) is 6.92 Å². The van der Waals surface area contributed by atoms with Gasteiger partial charge in [-0.05, 0) is 66.9 Å². The van der Waals surface area contributed by atoms with Gasteiger partial charge in [0.2, 0.25) is 11.8 Å². The molecule has 2 fully saturated rings. The van der Waals surface area contributed by atoms with Gasteiger partial charge in [-0.15, -0.1) is 11.8 Å². The quantitative estimate of drug-likeness (QED) is 0.180. The van der Waals surface area contributed by atoms with Gasteiger partial charge in [-0.25, -0.2) is 4.79 Å². The summed E-state index contributed by atoms with van der Waals surface area (Å²) < 4.78 is 11.0. The highest BCUT2D eigenvalue weighted by molar-refractivity contribution is 8.01. The molecule has 1 unspecified atom stereocenters. The number of hydrogen-bond acceptors (Lipinski definition) is 8. The SMILES string of the molecule is Cc1ccccc1Oc1ccccc1OC(=O)C(C(=O)N[C@@H]1C(=O)N2[C@@H]1SC(C)(C)[C@@H]2C(=O)O)c1ccsc1. The molecule has 0 spiro atoms. The van der Waals surface area contributed by atoms with E-state index in [2.05, 4.69) is 5.32 Å². The Kier molecular flexibility index (Phi) is 7.13. The van der Waals surface area contributed by atoms with Crippen LogP contribution in [-0.4, -0.2) is 56.0 Å². The van der Waals surface area contributed by atoms with Crippen molar-refractivity contribution >= 4 is 46.9 Å².